The number of carbonyl (C=O) groups excluding carboxylic acids is 2. The van der Waals surface area contributed by atoms with Gasteiger partial charge in [-0.25, -0.2) is 13.1 Å². The van der Waals surface area contributed by atoms with Gasteiger partial charge in [0.05, 0.1) is 4.90 Å². The molecule has 4 rings (SSSR count). The highest BCUT2D eigenvalue weighted by Crippen LogP contribution is 2.31. The van der Waals surface area contributed by atoms with Crippen molar-refractivity contribution in [1.29, 1.82) is 0 Å². The maximum Gasteiger partial charge on any atom is 0.240 e. The Morgan fingerprint density at radius 1 is 0.906 bits per heavy atom. The highest BCUT2D eigenvalue weighted by molar-refractivity contribution is 7.89. The summed E-state index contributed by atoms with van der Waals surface area (Å²) in [6, 6.07) is 14.6. The van der Waals surface area contributed by atoms with Crippen LogP contribution in [0.25, 0.3) is 0 Å². The first-order valence-electron chi connectivity index (χ1n) is 11.2. The third-order valence-electron chi connectivity index (χ3n) is 6.12. The number of fused-ring (bicyclic) bond motifs is 1. The number of nitrogens with zero attached hydrogens (tertiary/aromatic N) is 2. The van der Waals surface area contributed by atoms with E-state index in [-0.39, 0.29) is 29.6 Å². The Morgan fingerprint density at radius 3 is 2.38 bits per heavy atom. The van der Waals surface area contributed by atoms with Crippen LogP contribution in [0.4, 0.5) is 5.69 Å². The summed E-state index contributed by atoms with van der Waals surface area (Å²) in [5, 5.41) is 0. The van der Waals surface area contributed by atoms with E-state index in [2.05, 4.69) is 4.72 Å². The molecule has 0 radical (unpaired) electrons. The van der Waals surface area contributed by atoms with Gasteiger partial charge in [-0.15, -0.1) is 0 Å². The molecule has 0 aromatic heterocycles. The molecule has 1 saturated heterocycles. The second-order valence-electron chi connectivity index (χ2n) is 8.31. The van der Waals surface area contributed by atoms with Gasteiger partial charge in [-0.3, -0.25) is 9.59 Å². The lowest BCUT2D eigenvalue weighted by Crippen LogP contribution is -2.32. The van der Waals surface area contributed by atoms with Gasteiger partial charge in [0.2, 0.25) is 21.8 Å². The maximum absolute atomic E-state index is 12.7. The van der Waals surface area contributed by atoms with E-state index in [9.17, 15) is 18.0 Å². The zero-order valence-electron chi connectivity index (χ0n) is 18.1. The summed E-state index contributed by atoms with van der Waals surface area (Å²) in [5.41, 5.74) is 2.66. The summed E-state index contributed by atoms with van der Waals surface area (Å²) >= 11 is 0. The zero-order chi connectivity index (χ0) is 22.6. The summed E-state index contributed by atoms with van der Waals surface area (Å²) in [5.74, 6) is -0.0498. The van der Waals surface area contributed by atoms with Crippen LogP contribution in [0.2, 0.25) is 0 Å². The smallest absolute Gasteiger partial charge is 0.240 e. The number of sulfonamides is 1. The van der Waals surface area contributed by atoms with Crippen LogP contribution in [0.5, 0.6) is 0 Å². The van der Waals surface area contributed by atoms with Crippen molar-refractivity contribution in [3.05, 3.63) is 59.7 Å². The van der Waals surface area contributed by atoms with Gasteiger partial charge in [-0.1, -0.05) is 30.3 Å². The molecular weight excluding hydrogens is 426 g/mol. The van der Waals surface area contributed by atoms with Crippen molar-refractivity contribution in [1.82, 2.24) is 9.62 Å². The lowest BCUT2D eigenvalue weighted by Gasteiger charge is -2.19. The molecule has 170 valence electrons. The molecule has 2 aromatic carbocycles. The fourth-order valence-corrected chi connectivity index (χ4v) is 5.42. The van der Waals surface area contributed by atoms with E-state index in [0.717, 1.165) is 42.7 Å². The SMILES string of the molecule is O=C(CCC(=O)N1CCc2cc(S(=O)(=O)NCCc3ccccc3)ccc21)N1CCCC1. The average molecular weight is 456 g/mol. The Kier molecular flexibility index (Phi) is 6.91. The summed E-state index contributed by atoms with van der Waals surface area (Å²) in [6.07, 6.45) is 3.69. The van der Waals surface area contributed by atoms with E-state index in [0.29, 0.717) is 25.9 Å². The standard InChI is InChI=1S/C24H29N3O4S/c28-23(26-15-4-5-16-26)10-11-24(29)27-17-13-20-18-21(8-9-22(20)27)32(30,31)25-14-12-19-6-2-1-3-7-19/h1-3,6-9,18,25H,4-5,10-17H2. The van der Waals surface area contributed by atoms with E-state index >= 15 is 0 Å². The number of amides is 2. The molecule has 0 atom stereocenters. The second kappa shape index (κ2) is 9.83. The van der Waals surface area contributed by atoms with E-state index in [1.807, 2.05) is 35.2 Å². The molecular formula is C24H29N3O4S. The van der Waals surface area contributed by atoms with Gasteiger partial charge < -0.3 is 9.80 Å². The molecule has 2 aromatic rings. The Bertz CT molecular complexity index is 1080. The number of benzene rings is 2. The van der Waals surface area contributed by atoms with Gasteiger partial charge in [0, 0.05) is 44.7 Å². The van der Waals surface area contributed by atoms with Gasteiger partial charge in [0.15, 0.2) is 0 Å². The summed E-state index contributed by atoms with van der Waals surface area (Å²) in [6.45, 7) is 2.41. The predicted octanol–water partition coefficient (Wildman–Crippen LogP) is 2.50. The van der Waals surface area contributed by atoms with Crippen LogP contribution in [0.3, 0.4) is 0 Å². The number of anilines is 1. The van der Waals surface area contributed by atoms with Crippen LogP contribution in [-0.2, 0) is 32.5 Å². The maximum atomic E-state index is 12.7. The van der Waals surface area contributed by atoms with E-state index < -0.39 is 10.0 Å². The molecule has 2 heterocycles. The highest BCUT2D eigenvalue weighted by atomic mass is 32.2. The molecule has 0 spiro atoms. The Balaban J connectivity index is 1.35. The van der Waals surface area contributed by atoms with Crippen molar-refractivity contribution >= 4 is 27.5 Å². The molecule has 2 amide bonds. The molecule has 1 N–H and O–H groups in total. The number of hydrogen-bond acceptors (Lipinski definition) is 4. The Hall–Kier alpha value is -2.71. The molecule has 8 heteroatoms. The van der Waals surface area contributed by atoms with E-state index in [4.69, 9.17) is 0 Å². The third-order valence-corrected chi connectivity index (χ3v) is 7.58. The molecule has 7 nitrogen and oxygen atoms in total. The lowest BCUT2D eigenvalue weighted by atomic mass is 10.2. The van der Waals surface area contributed by atoms with Gasteiger partial charge in [0.25, 0.3) is 0 Å². The normalized spacial score (nSPS) is 15.8. The molecule has 32 heavy (non-hydrogen) atoms. The summed E-state index contributed by atoms with van der Waals surface area (Å²) < 4.78 is 28.1. The zero-order valence-corrected chi connectivity index (χ0v) is 18.9. The van der Waals surface area contributed by atoms with Crippen molar-refractivity contribution in [2.75, 3.05) is 31.1 Å². The largest absolute Gasteiger partial charge is 0.343 e. The topological polar surface area (TPSA) is 86.8 Å². The minimum absolute atomic E-state index is 0.0401. The average Bonchev–Trinajstić information content (AvgIpc) is 3.47. The second-order valence-corrected chi connectivity index (χ2v) is 10.1. The molecule has 2 aliphatic heterocycles. The minimum Gasteiger partial charge on any atom is -0.343 e. The van der Waals surface area contributed by atoms with Crippen LogP contribution >= 0.6 is 0 Å². The number of carbonyl (C=O) groups is 2. The summed E-state index contributed by atoms with van der Waals surface area (Å²) in [4.78, 5) is 28.6. The summed E-state index contributed by atoms with van der Waals surface area (Å²) in [7, 11) is -3.62. The van der Waals surface area contributed by atoms with Crippen molar-refractivity contribution in [3.63, 3.8) is 0 Å². The van der Waals surface area contributed by atoms with Crippen LogP contribution in [0.1, 0.15) is 36.8 Å². The van der Waals surface area contributed by atoms with E-state index in [1.165, 1.54) is 0 Å². The Labute approximate surface area is 189 Å². The molecule has 0 saturated carbocycles. The monoisotopic (exact) mass is 455 g/mol. The first-order chi connectivity index (χ1) is 15.4. The third kappa shape index (κ3) is 5.19. The highest BCUT2D eigenvalue weighted by Gasteiger charge is 2.27. The number of rotatable bonds is 8. The number of nitrogens with one attached hydrogen (secondary N) is 1. The fraction of sp³-hybridized carbons (Fsp3) is 0.417. The van der Waals surface area contributed by atoms with Crippen molar-refractivity contribution in [2.24, 2.45) is 0 Å². The number of likely N-dealkylation sites (tertiary alicyclic amines) is 1. The van der Waals surface area contributed by atoms with Crippen LogP contribution in [0.15, 0.2) is 53.4 Å². The van der Waals surface area contributed by atoms with Crippen molar-refractivity contribution < 1.29 is 18.0 Å². The predicted molar refractivity (Wildman–Crippen MR) is 123 cm³/mol. The van der Waals surface area contributed by atoms with Gasteiger partial charge in [0.1, 0.15) is 0 Å². The van der Waals surface area contributed by atoms with E-state index in [1.54, 1.807) is 23.1 Å². The minimum atomic E-state index is -3.62. The quantitative estimate of drug-likeness (QED) is 0.663. The van der Waals surface area contributed by atoms with Gasteiger partial charge in [-0.2, -0.15) is 0 Å². The van der Waals surface area contributed by atoms with Crippen LogP contribution in [0, 0.1) is 0 Å². The van der Waals surface area contributed by atoms with Gasteiger partial charge >= 0.3 is 0 Å². The first-order valence-corrected chi connectivity index (χ1v) is 12.7. The Morgan fingerprint density at radius 2 is 1.62 bits per heavy atom. The molecule has 0 aliphatic carbocycles. The molecule has 1 fully saturated rings. The first kappa shape index (κ1) is 22.5. The lowest BCUT2D eigenvalue weighted by molar-refractivity contribution is -0.132. The van der Waals surface area contributed by atoms with Gasteiger partial charge in [-0.05, 0) is 55.0 Å². The molecule has 0 unspecified atom stereocenters. The van der Waals surface area contributed by atoms with Crippen molar-refractivity contribution in [3.8, 4) is 0 Å². The van der Waals surface area contributed by atoms with Crippen LogP contribution in [-0.4, -0.2) is 51.3 Å². The van der Waals surface area contributed by atoms with Crippen LogP contribution < -0.4 is 9.62 Å². The number of hydrogen-bond donors (Lipinski definition) is 1. The molecule has 2 aliphatic rings. The van der Waals surface area contributed by atoms with Crippen molar-refractivity contribution in [2.45, 2.75) is 43.4 Å². The fourth-order valence-electron chi connectivity index (χ4n) is 4.34. The molecule has 0 bridgehead atoms.